The predicted molar refractivity (Wildman–Crippen MR) is 59.1 cm³/mol. The summed E-state index contributed by atoms with van der Waals surface area (Å²) >= 11 is 1.80. The predicted octanol–water partition coefficient (Wildman–Crippen LogP) is 0.854. The van der Waals surface area contributed by atoms with E-state index in [0.717, 1.165) is 6.54 Å². The van der Waals surface area contributed by atoms with E-state index in [2.05, 4.69) is 30.7 Å². The second-order valence-electron chi connectivity index (χ2n) is 3.52. The number of amides is 1. The molecule has 0 radical (unpaired) electrons. The van der Waals surface area contributed by atoms with E-state index >= 15 is 0 Å². The van der Waals surface area contributed by atoms with Crippen molar-refractivity contribution in [1.82, 2.24) is 10.6 Å². The molecule has 0 saturated heterocycles. The van der Waals surface area contributed by atoms with Crippen LogP contribution in [0.25, 0.3) is 0 Å². The molecule has 0 aromatic carbocycles. The van der Waals surface area contributed by atoms with Crippen molar-refractivity contribution in [3.63, 3.8) is 0 Å². The smallest absolute Gasteiger partial charge is 0.233 e. The lowest BCUT2D eigenvalue weighted by molar-refractivity contribution is -0.120. The van der Waals surface area contributed by atoms with Gasteiger partial charge in [0.25, 0.3) is 0 Å². The van der Waals surface area contributed by atoms with E-state index in [4.69, 9.17) is 0 Å². The van der Waals surface area contributed by atoms with E-state index in [1.54, 1.807) is 11.8 Å². The maximum absolute atomic E-state index is 11.0. The van der Waals surface area contributed by atoms with Gasteiger partial charge in [-0.1, -0.05) is 0 Å². The molecule has 4 heteroatoms. The number of thioether (sulfide) groups is 1. The molecule has 3 nitrogen and oxygen atoms in total. The summed E-state index contributed by atoms with van der Waals surface area (Å²) in [7, 11) is 0. The molecule has 0 rings (SSSR count). The number of rotatable bonds is 6. The van der Waals surface area contributed by atoms with Crippen molar-refractivity contribution in [1.29, 1.82) is 0 Å². The Morgan fingerprint density at radius 3 is 2.54 bits per heavy atom. The number of hydrogen-bond donors (Lipinski definition) is 2. The topological polar surface area (TPSA) is 41.1 Å². The molecule has 0 fully saturated rings. The molecule has 0 aliphatic carbocycles. The minimum Gasteiger partial charge on any atom is -0.355 e. The van der Waals surface area contributed by atoms with Crippen LogP contribution in [0.1, 0.15) is 20.8 Å². The summed E-state index contributed by atoms with van der Waals surface area (Å²) in [5.41, 5.74) is 0. The van der Waals surface area contributed by atoms with Gasteiger partial charge in [0.1, 0.15) is 0 Å². The third kappa shape index (κ3) is 6.90. The highest BCUT2D eigenvalue weighted by atomic mass is 32.2. The Morgan fingerprint density at radius 2 is 2.08 bits per heavy atom. The van der Waals surface area contributed by atoms with Gasteiger partial charge >= 0.3 is 0 Å². The van der Waals surface area contributed by atoms with Gasteiger partial charge in [0.15, 0.2) is 0 Å². The third-order valence-corrected chi connectivity index (χ3v) is 3.01. The monoisotopic (exact) mass is 204 g/mol. The zero-order valence-electron chi connectivity index (χ0n) is 8.94. The van der Waals surface area contributed by atoms with E-state index in [0.29, 0.717) is 13.1 Å². The Morgan fingerprint density at radius 1 is 1.46 bits per heavy atom. The number of nitrogens with one attached hydrogen (secondary N) is 2. The molecule has 0 aliphatic rings. The number of carbonyl (C=O) groups is 1. The number of likely N-dealkylation sites (N-methyl/N-ethyl adjacent to an activating group) is 1. The van der Waals surface area contributed by atoms with Crippen molar-refractivity contribution in [3.05, 3.63) is 0 Å². The third-order valence-electron chi connectivity index (χ3n) is 1.76. The Hall–Kier alpha value is -0.220. The lowest BCUT2D eigenvalue weighted by Crippen LogP contribution is -2.39. The fourth-order valence-corrected chi connectivity index (χ4v) is 1.06. The molecule has 0 heterocycles. The first kappa shape index (κ1) is 12.8. The highest BCUT2D eigenvalue weighted by molar-refractivity contribution is 7.99. The van der Waals surface area contributed by atoms with E-state index in [1.807, 2.05) is 6.92 Å². The van der Waals surface area contributed by atoms with Crippen molar-refractivity contribution in [3.8, 4) is 0 Å². The summed E-state index contributed by atoms with van der Waals surface area (Å²) in [4.78, 5) is 11.0. The SMILES string of the molecule is CCNC(=O)CNCC(C)(C)SC. The van der Waals surface area contributed by atoms with Gasteiger partial charge in [-0.3, -0.25) is 4.79 Å². The lowest BCUT2D eigenvalue weighted by atomic mass is 10.2. The summed E-state index contributed by atoms with van der Waals surface area (Å²) in [6, 6.07) is 0. The highest BCUT2D eigenvalue weighted by Crippen LogP contribution is 2.19. The van der Waals surface area contributed by atoms with Crippen LogP contribution in [0.3, 0.4) is 0 Å². The second-order valence-corrected chi connectivity index (χ2v) is 5.03. The van der Waals surface area contributed by atoms with Crippen LogP contribution in [0.5, 0.6) is 0 Å². The molecule has 0 bridgehead atoms. The minimum absolute atomic E-state index is 0.0689. The second kappa shape index (κ2) is 6.27. The van der Waals surface area contributed by atoms with Crippen LogP contribution in [0.4, 0.5) is 0 Å². The Bertz CT molecular complexity index is 160. The maximum atomic E-state index is 11.0. The first-order valence-corrected chi connectivity index (χ1v) is 5.77. The van der Waals surface area contributed by atoms with E-state index < -0.39 is 0 Å². The molecular weight excluding hydrogens is 184 g/mol. The molecule has 0 aromatic rings. The Balaban J connectivity index is 3.50. The van der Waals surface area contributed by atoms with Crippen LogP contribution in [-0.4, -0.2) is 36.5 Å². The summed E-state index contributed by atoms with van der Waals surface area (Å²) in [6.45, 7) is 8.20. The highest BCUT2D eigenvalue weighted by Gasteiger charge is 2.15. The molecule has 0 aromatic heterocycles. The average Bonchev–Trinajstić information content (AvgIpc) is 2.05. The fourth-order valence-electron chi connectivity index (χ4n) is 0.809. The average molecular weight is 204 g/mol. The van der Waals surface area contributed by atoms with E-state index in [9.17, 15) is 4.79 Å². The van der Waals surface area contributed by atoms with E-state index in [-0.39, 0.29) is 10.7 Å². The van der Waals surface area contributed by atoms with Gasteiger partial charge in [0, 0.05) is 17.8 Å². The molecule has 0 aliphatic heterocycles. The standard InChI is InChI=1S/C9H20N2OS/c1-5-11-8(12)6-10-7-9(2,3)13-4/h10H,5-7H2,1-4H3,(H,11,12). The number of hydrogen-bond acceptors (Lipinski definition) is 3. The minimum atomic E-state index is 0.0689. The fraction of sp³-hybridized carbons (Fsp3) is 0.889. The van der Waals surface area contributed by atoms with Crippen molar-refractivity contribution in [2.75, 3.05) is 25.9 Å². The summed E-state index contributed by atoms with van der Waals surface area (Å²) in [5, 5.41) is 5.87. The van der Waals surface area contributed by atoms with Crippen molar-refractivity contribution in [2.45, 2.75) is 25.5 Å². The molecule has 2 N–H and O–H groups in total. The van der Waals surface area contributed by atoms with Crippen LogP contribution < -0.4 is 10.6 Å². The Kier molecular flexibility index (Phi) is 6.16. The van der Waals surface area contributed by atoms with Gasteiger partial charge < -0.3 is 10.6 Å². The zero-order valence-corrected chi connectivity index (χ0v) is 9.75. The molecule has 1 amide bonds. The van der Waals surface area contributed by atoms with Gasteiger partial charge in [0.2, 0.25) is 5.91 Å². The normalized spacial score (nSPS) is 11.4. The molecule has 13 heavy (non-hydrogen) atoms. The van der Waals surface area contributed by atoms with Crippen molar-refractivity contribution < 1.29 is 4.79 Å². The first-order valence-electron chi connectivity index (χ1n) is 4.54. The van der Waals surface area contributed by atoms with Crippen LogP contribution in [0.15, 0.2) is 0 Å². The summed E-state index contributed by atoms with van der Waals surface area (Å²) in [6.07, 6.45) is 2.08. The molecule has 78 valence electrons. The molecular formula is C9H20N2OS. The molecule has 0 unspecified atom stereocenters. The van der Waals surface area contributed by atoms with Crippen LogP contribution in [0, 0.1) is 0 Å². The quantitative estimate of drug-likeness (QED) is 0.674. The molecule has 0 saturated carbocycles. The largest absolute Gasteiger partial charge is 0.355 e. The molecule has 0 atom stereocenters. The van der Waals surface area contributed by atoms with Gasteiger partial charge in [0.05, 0.1) is 6.54 Å². The lowest BCUT2D eigenvalue weighted by Gasteiger charge is -2.21. The van der Waals surface area contributed by atoms with E-state index in [1.165, 1.54) is 0 Å². The summed E-state index contributed by atoms with van der Waals surface area (Å²) < 4.78 is 0.201. The maximum Gasteiger partial charge on any atom is 0.233 e. The summed E-state index contributed by atoms with van der Waals surface area (Å²) in [5.74, 6) is 0.0689. The van der Waals surface area contributed by atoms with Crippen molar-refractivity contribution in [2.24, 2.45) is 0 Å². The van der Waals surface area contributed by atoms with Crippen LogP contribution in [0.2, 0.25) is 0 Å². The molecule has 0 spiro atoms. The van der Waals surface area contributed by atoms with Crippen molar-refractivity contribution >= 4 is 17.7 Å². The van der Waals surface area contributed by atoms with Gasteiger partial charge in [-0.25, -0.2) is 0 Å². The first-order chi connectivity index (χ1) is 6.02. The van der Waals surface area contributed by atoms with Gasteiger partial charge in [-0.2, -0.15) is 11.8 Å². The van der Waals surface area contributed by atoms with Crippen LogP contribution in [-0.2, 0) is 4.79 Å². The zero-order chi connectivity index (χ0) is 10.3. The van der Waals surface area contributed by atoms with Gasteiger partial charge in [-0.15, -0.1) is 0 Å². The Labute approximate surface area is 85.0 Å². The number of carbonyl (C=O) groups excluding carboxylic acids is 1. The van der Waals surface area contributed by atoms with Crippen LogP contribution >= 0.6 is 11.8 Å². The van der Waals surface area contributed by atoms with Gasteiger partial charge in [-0.05, 0) is 27.0 Å².